The Balaban J connectivity index is 3.01. The van der Waals surface area contributed by atoms with Crippen molar-refractivity contribution in [1.82, 2.24) is 10.0 Å². The first-order chi connectivity index (χ1) is 6.07. The van der Waals surface area contributed by atoms with Crippen LogP contribution in [0.2, 0.25) is 0 Å². The molecule has 1 N–H and O–H groups in total. The molecule has 0 saturated heterocycles. The van der Waals surface area contributed by atoms with Gasteiger partial charge in [-0.1, -0.05) is 0 Å². The Labute approximate surface area is 92.5 Å². The van der Waals surface area contributed by atoms with E-state index in [-0.39, 0.29) is 5.91 Å². The Morgan fingerprint density at radius 1 is 1.62 bits per heavy atom. The van der Waals surface area contributed by atoms with Crippen LogP contribution in [0.5, 0.6) is 0 Å². The molecule has 0 aliphatic carbocycles. The molecule has 1 rings (SSSR count). The minimum absolute atomic E-state index is 0.281. The highest BCUT2D eigenvalue weighted by Gasteiger charge is 2.14. The van der Waals surface area contributed by atoms with Crippen molar-refractivity contribution >= 4 is 37.8 Å². The first kappa shape index (κ1) is 10.7. The molecule has 0 unspecified atom stereocenters. The molecule has 13 heavy (non-hydrogen) atoms. The van der Waals surface area contributed by atoms with Crippen LogP contribution in [-0.2, 0) is 11.9 Å². The van der Waals surface area contributed by atoms with Gasteiger partial charge in [0.05, 0.1) is 16.2 Å². The normalized spacial score (nSPS) is 10.2. The van der Waals surface area contributed by atoms with Gasteiger partial charge in [0, 0.05) is 7.05 Å². The number of amides is 1. The van der Waals surface area contributed by atoms with E-state index in [0.717, 1.165) is 9.08 Å². The molecule has 0 atom stereocenters. The van der Waals surface area contributed by atoms with Crippen LogP contribution in [0.4, 0.5) is 0 Å². The van der Waals surface area contributed by atoms with Crippen LogP contribution in [0.1, 0.15) is 10.5 Å². The zero-order valence-corrected chi connectivity index (χ0v) is 10.3. The quantitative estimate of drug-likeness (QED) is 0.847. The topological polar surface area (TPSA) is 43.3 Å². The molecule has 0 spiro atoms. The summed E-state index contributed by atoms with van der Waals surface area (Å²) < 4.78 is 3.35. The lowest BCUT2D eigenvalue weighted by Gasteiger charge is -2.03. The number of carbonyl (C=O) groups excluding carboxylic acids is 1. The van der Waals surface area contributed by atoms with E-state index in [1.54, 1.807) is 17.7 Å². The molecular formula is C7H8Br2N2O2. The molecule has 0 fully saturated rings. The number of hydrogen-bond acceptors (Lipinski definition) is 2. The van der Waals surface area contributed by atoms with Crippen LogP contribution in [0.15, 0.2) is 15.1 Å². The van der Waals surface area contributed by atoms with Gasteiger partial charge in [-0.15, -0.1) is 0 Å². The van der Waals surface area contributed by atoms with Crippen molar-refractivity contribution in [2.75, 3.05) is 7.11 Å². The van der Waals surface area contributed by atoms with Gasteiger partial charge in [-0.05, 0) is 37.9 Å². The summed E-state index contributed by atoms with van der Waals surface area (Å²) in [5, 5.41) is 0. The third-order valence-corrected chi connectivity index (χ3v) is 3.64. The van der Waals surface area contributed by atoms with Crippen molar-refractivity contribution in [2.24, 2.45) is 7.05 Å². The maximum atomic E-state index is 11.3. The monoisotopic (exact) mass is 310 g/mol. The number of hydroxylamine groups is 1. The smallest absolute Gasteiger partial charge is 0.291 e. The number of hydrogen-bond donors (Lipinski definition) is 1. The molecule has 0 aliphatic heterocycles. The molecule has 0 aliphatic rings. The first-order valence-electron chi connectivity index (χ1n) is 3.42. The standard InChI is InChI=1S/C7H8Br2N2O2/c1-11-5(7(12)10-13-2)3-4(8)6(11)9/h3H,1-2H3,(H,10,12). The zero-order chi connectivity index (χ0) is 10.0. The Hall–Kier alpha value is -0.330. The first-order valence-corrected chi connectivity index (χ1v) is 5.00. The van der Waals surface area contributed by atoms with E-state index in [9.17, 15) is 4.79 Å². The van der Waals surface area contributed by atoms with Gasteiger partial charge in [0.25, 0.3) is 5.91 Å². The lowest BCUT2D eigenvalue weighted by Crippen LogP contribution is -2.23. The minimum Gasteiger partial charge on any atom is -0.333 e. The van der Waals surface area contributed by atoms with Gasteiger partial charge in [0.2, 0.25) is 0 Å². The number of rotatable bonds is 2. The predicted molar refractivity (Wildman–Crippen MR) is 55.3 cm³/mol. The number of nitrogens with zero attached hydrogens (tertiary/aromatic N) is 1. The van der Waals surface area contributed by atoms with Crippen LogP contribution >= 0.6 is 31.9 Å². The second-order valence-electron chi connectivity index (χ2n) is 2.36. The molecule has 0 saturated carbocycles. The average molecular weight is 312 g/mol. The highest BCUT2D eigenvalue weighted by Crippen LogP contribution is 2.25. The van der Waals surface area contributed by atoms with Crippen molar-refractivity contribution < 1.29 is 9.63 Å². The van der Waals surface area contributed by atoms with E-state index in [2.05, 4.69) is 42.2 Å². The summed E-state index contributed by atoms with van der Waals surface area (Å²) in [4.78, 5) is 15.9. The summed E-state index contributed by atoms with van der Waals surface area (Å²) >= 11 is 6.61. The van der Waals surface area contributed by atoms with Gasteiger partial charge in [-0.25, -0.2) is 5.48 Å². The molecule has 0 aromatic carbocycles. The van der Waals surface area contributed by atoms with Gasteiger partial charge >= 0.3 is 0 Å². The molecule has 1 amide bonds. The summed E-state index contributed by atoms with van der Waals surface area (Å²) in [6, 6.07) is 1.71. The third kappa shape index (κ3) is 2.12. The summed E-state index contributed by atoms with van der Waals surface area (Å²) in [5.41, 5.74) is 2.76. The second kappa shape index (κ2) is 4.26. The fourth-order valence-electron chi connectivity index (χ4n) is 0.905. The van der Waals surface area contributed by atoms with E-state index in [0.29, 0.717) is 5.69 Å². The van der Waals surface area contributed by atoms with Gasteiger partial charge < -0.3 is 4.57 Å². The van der Waals surface area contributed by atoms with Crippen molar-refractivity contribution in [3.63, 3.8) is 0 Å². The molecule has 1 aromatic heterocycles. The summed E-state index contributed by atoms with van der Waals surface area (Å²) in [6.07, 6.45) is 0. The fraction of sp³-hybridized carbons (Fsp3) is 0.286. The number of nitrogens with one attached hydrogen (secondary N) is 1. The molecule has 0 radical (unpaired) electrons. The maximum absolute atomic E-state index is 11.3. The van der Waals surface area contributed by atoms with E-state index < -0.39 is 0 Å². The Kier molecular flexibility index (Phi) is 3.52. The van der Waals surface area contributed by atoms with Crippen molar-refractivity contribution in [2.45, 2.75) is 0 Å². The van der Waals surface area contributed by atoms with Gasteiger partial charge in [-0.3, -0.25) is 9.63 Å². The summed E-state index contributed by atoms with van der Waals surface area (Å²) in [6.45, 7) is 0. The zero-order valence-electron chi connectivity index (χ0n) is 7.10. The van der Waals surface area contributed by atoms with Crippen molar-refractivity contribution in [1.29, 1.82) is 0 Å². The summed E-state index contributed by atoms with van der Waals surface area (Å²) in [7, 11) is 3.17. The van der Waals surface area contributed by atoms with Crippen LogP contribution in [0.3, 0.4) is 0 Å². The van der Waals surface area contributed by atoms with Gasteiger partial charge in [0.15, 0.2) is 0 Å². The molecule has 0 bridgehead atoms. The Morgan fingerprint density at radius 2 is 2.23 bits per heavy atom. The van der Waals surface area contributed by atoms with Crippen molar-refractivity contribution in [3.05, 3.63) is 20.8 Å². The Bertz CT molecular complexity index is 335. The number of carbonyl (C=O) groups is 1. The van der Waals surface area contributed by atoms with Gasteiger partial charge in [-0.2, -0.15) is 0 Å². The molecule has 72 valence electrons. The molecule has 1 aromatic rings. The van der Waals surface area contributed by atoms with Crippen LogP contribution < -0.4 is 5.48 Å². The maximum Gasteiger partial charge on any atom is 0.291 e. The third-order valence-electron chi connectivity index (χ3n) is 1.54. The molecule has 6 heteroatoms. The van der Waals surface area contributed by atoms with Crippen LogP contribution in [0, 0.1) is 0 Å². The van der Waals surface area contributed by atoms with E-state index in [4.69, 9.17) is 0 Å². The van der Waals surface area contributed by atoms with Crippen molar-refractivity contribution in [3.8, 4) is 0 Å². The van der Waals surface area contributed by atoms with E-state index >= 15 is 0 Å². The predicted octanol–water partition coefficient (Wildman–Crippen LogP) is 1.84. The fourth-order valence-corrected chi connectivity index (χ4v) is 1.69. The minimum atomic E-state index is -0.281. The van der Waals surface area contributed by atoms with Gasteiger partial charge in [0.1, 0.15) is 5.69 Å². The Morgan fingerprint density at radius 3 is 2.62 bits per heavy atom. The molecule has 1 heterocycles. The lowest BCUT2D eigenvalue weighted by atomic mass is 10.4. The highest BCUT2D eigenvalue weighted by molar-refractivity contribution is 9.13. The largest absolute Gasteiger partial charge is 0.333 e. The SMILES string of the molecule is CONC(=O)c1cc(Br)c(Br)n1C. The summed E-state index contributed by atoms with van der Waals surface area (Å²) in [5.74, 6) is -0.281. The number of aromatic nitrogens is 1. The lowest BCUT2D eigenvalue weighted by molar-refractivity contribution is 0.0529. The molecule has 4 nitrogen and oxygen atoms in total. The van der Waals surface area contributed by atoms with E-state index in [1.807, 2.05) is 0 Å². The van der Waals surface area contributed by atoms with Crippen LogP contribution in [-0.4, -0.2) is 17.6 Å². The molecular weight excluding hydrogens is 304 g/mol. The van der Waals surface area contributed by atoms with Crippen LogP contribution in [0.25, 0.3) is 0 Å². The average Bonchev–Trinajstić information content (AvgIpc) is 2.33. The number of halogens is 2. The van der Waals surface area contributed by atoms with E-state index in [1.165, 1.54) is 7.11 Å². The second-order valence-corrected chi connectivity index (χ2v) is 3.97. The highest BCUT2D eigenvalue weighted by atomic mass is 79.9.